The van der Waals surface area contributed by atoms with Gasteiger partial charge in [0.15, 0.2) is 11.7 Å². The first-order valence-corrected chi connectivity index (χ1v) is 5.47. The quantitative estimate of drug-likeness (QED) is 0.505. The van der Waals surface area contributed by atoms with Crippen LogP contribution in [0, 0.1) is 0 Å². The van der Waals surface area contributed by atoms with Crippen LogP contribution in [-0.4, -0.2) is 19.1 Å². The topological polar surface area (TPSA) is 73.6 Å². The van der Waals surface area contributed by atoms with Crippen molar-refractivity contribution in [3.05, 3.63) is 27.2 Å². The van der Waals surface area contributed by atoms with Crippen LogP contribution < -0.4 is 16.2 Å². The van der Waals surface area contributed by atoms with Gasteiger partial charge in [-0.05, 0) is 12.1 Å². The van der Waals surface area contributed by atoms with E-state index in [4.69, 9.17) is 51.0 Å². The molecule has 0 atom stereocenters. The fourth-order valence-electron chi connectivity index (χ4n) is 0.989. The van der Waals surface area contributed by atoms with Crippen LogP contribution in [0.5, 0.6) is 5.75 Å². The number of rotatable bonds is 4. The highest BCUT2D eigenvalue weighted by Crippen LogP contribution is 2.35. The van der Waals surface area contributed by atoms with Crippen LogP contribution in [0.2, 0.25) is 15.1 Å². The van der Waals surface area contributed by atoms with Gasteiger partial charge in [0, 0.05) is 5.02 Å². The summed E-state index contributed by atoms with van der Waals surface area (Å²) in [5, 5.41) is 1.15. The molecule has 0 saturated heterocycles. The molecule has 4 nitrogen and oxygen atoms in total. The molecule has 0 aromatic heterocycles. The predicted octanol–water partition coefficient (Wildman–Crippen LogP) is 2.30. The minimum Gasteiger partial charge on any atom is -0.489 e. The molecule has 0 bridgehead atoms. The smallest absolute Gasteiger partial charge is 0.186 e. The van der Waals surface area contributed by atoms with Gasteiger partial charge in [-0.25, -0.2) is 0 Å². The van der Waals surface area contributed by atoms with Crippen LogP contribution in [0.4, 0.5) is 0 Å². The molecule has 4 N–H and O–H groups in total. The summed E-state index contributed by atoms with van der Waals surface area (Å²) in [6.07, 6.45) is 0. The SMILES string of the molecule is NC(N)=NCCOc1c(Cl)cc(Cl)cc1Cl. The number of ether oxygens (including phenoxy) is 1. The first-order chi connectivity index (χ1) is 7.50. The van der Waals surface area contributed by atoms with E-state index in [1.807, 2.05) is 0 Å². The lowest BCUT2D eigenvalue weighted by Crippen LogP contribution is -2.23. The second kappa shape index (κ2) is 6.03. The van der Waals surface area contributed by atoms with Crippen molar-refractivity contribution in [1.29, 1.82) is 0 Å². The number of hydrogen-bond acceptors (Lipinski definition) is 2. The molecule has 88 valence electrons. The van der Waals surface area contributed by atoms with Gasteiger partial charge < -0.3 is 16.2 Å². The van der Waals surface area contributed by atoms with E-state index in [9.17, 15) is 0 Å². The Labute approximate surface area is 108 Å². The van der Waals surface area contributed by atoms with Gasteiger partial charge in [0.2, 0.25) is 0 Å². The van der Waals surface area contributed by atoms with Crippen molar-refractivity contribution in [3.63, 3.8) is 0 Å². The Morgan fingerprint density at radius 2 is 1.75 bits per heavy atom. The van der Waals surface area contributed by atoms with Crippen LogP contribution in [0.1, 0.15) is 0 Å². The van der Waals surface area contributed by atoms with Gasteiger partial charge >= 0.3 is 0 Å². The summed E-state index contributed by atoms with van der Waals surface area (Å²) in [5.41, 5.74) is 10.3. The average molecular weight is 283 g/mol. The molecule has 7 heteroatoms. The Bertz CT molecular complexity index is 382. The molecular weight excluding hydrogens is 272 g/mol. The van der Waals surface area contributed by atoms with Gasteiger partial charge in [-0.1, -0.05) is 34.8 Å². The molecule has 0 aliphatic heterocycles. The minimum atomic E-state index is 0.0110. The third-order valence-corrected chi connectivity index (χ3v) is 2.37. The number of hydrogen-bond donors (Lipinski definition) is 2. The van der Waals surface area contributed by atoms with Crippen molar-refractivity contribution in [2.45, 2.75) is 0 Å². The second-order valence-corrected chi connectivity index (χ2v) is 4.10. The number of halogens is 3. The van der Waals surface area contributed by atoms with Crippen LogP contribution >= 0.6 is 34.8 Å². The molecule has 0 spiro atoms. The van der Waals surface area contributed by atoms with Gasteiger partial charge in [0.05, 0.1) is 16.6 Å². The van der Waals surface area contributed by atoms with Crippen molar-refractivity contribution in [3.8, 4) is 5.75 Å². The summed E-state index contributed by atoms with van der Waals surface area (Å²) in [7, 11) is 0. The van der Waals surface area contributed by atoms with Gasteiger partial charge in [0.25, 0.3) is 0 Å². The van der Waals surface area contributed by atoms with Gasteiger partial charge in [0.1, 0.15) is 6.61 Å². The molecule has 0 aliphatic rings. The van der Waals surface area contributed by atoms with Crippen LogP contribution in [0.15, 0.2) is 17.1 Å². The summed E-state index contributed by atoms with van der Waals surface area (Å²) < 4.78 is 5.33. The fraction of sp³-hybridized carbons (Fsp3) is 0.222. The van der Waals surface area contributed by atoms with E-state index in [-0.39, 0.29) is 12.6 Å². The number of nitrogens with zero attached hydrogens (tertiary/aromatic N) is 1. The van der Waals surface area contributed by atoms with Crippen molar-refractivity contribution in [2.24, 2.45) is 16.5 Å². The van der Waals surface area contributed by atoms with Crippen LogP contribution in [0.3, 0.4) is 0 Å². The van der Waals surface area contributed by atoms with E-state index in [2.05, 4.69) is 4.99 Å². The summed E-state index contributed by atoms with van der Waals surface area (Å²) in [6, 6.07) is 3.09. The molecule has 0 fully saturated rings. The average Bonchev–Trinajstić information content (AvgIpc) is 2.14. The maximum absolute atomic E-state index is 5.90. The molecule has 0 unspecified atom stereocenters. The zero-order chi connectivity index (χ0) is 12.1. The molecular formula is C9H10Cl3N3O. The zero-order valence-corrected chi connectivity index (χ0v) is 10.5. The lowest BCUT2D eigenvalue weighted by Gasteiger charge is -2.09. The van der Waals surface area contributed by atoms with Crippen molar-refractivity contribution in [1.82, 2.24) is 0 Å². The molecule has 1 aromatic rings. The van der Waals surface area contributed by atoms with Crippen molar-refractivity contribution >= 4 is 40.8 Å². The highest BCUT2D eigenvalue weighted by molar-refractivity contribution is 6.40. The molecule has 0 radical (unpaired) electrons. The van der Waals surface area contributed by atoms with Crippen molar-refractivity contribution in [2.75, 3.05) is 13.2 Å². The highest BCUT2D eigenvalue weighted by atomic mass is 35.5. The number of benzene rings is 1. The summed E-state index contributed by atoms with van der Waals surface area (Å²) in [4.78, 5) is 3.75. The molecule has 1 aromatic carbocycles. The first-order valence-electron chi connectivity index (χ1n) is 4.33. The Kier molecular flexibility index (Phi) is 4.99. The molecule has 16 heavy (non-hydrogen) atoms. The second-order valence-electron chi connectivity index (χ2n) is 2.85. The van der Waals surface area contributed by atoms with E-state index in [1.54, 1.807) is 12.1 Å². The summed E-state index contributed by atoms with van der Waals surface area (Å²) in [5.74, 6) is 0.385. The normalized spacial score (nSPS) is 9.94. The Morgan fingerprint density at radius 1 is 1.19 bits per heavy atom. The van der Waals surface area contributed by atoms with Crippen LogP contribution in [-0.2, 0) is 0 Å². The number of nitrogens with two attached hydrogens (primary N) is 2. The lowest BCUT2D eigenvalue weighted by molar-refractivity contribution is 0.329. The van der Waals surface area contributed by atoms with E-state index >= 15 is 0 Å². The molecule has 0 aliphatic carbocycles. The molecule has 1 rings (SSSR count). The van der Waals surface area contributed by atoms with Crippen LogP contribution in [0.25, 0.3) is 0 Å². The van der Waals surface area contributed by atoms with Gasteiger partial charge in [-0.15, -0.1) is 0 Å². The first kappa shape index (κ1) is 13.2. The van der Waals surface area contributed by atoms with E-state index in [0.717, 1.165) is 0 Å². The maximum Gasteiger partial charge on any atom is 0.186 e. The van der Waals surface area contributed by atoms with E-state index < -0.39 is 0 Å². The molecule has 0 saturated carbocycles. The predicted molar refractivity (Wildman–Crippen MR) is 67.6 cm³/mol. The fourth-order valence-corrected chi connectivity index (χ4v) is 1.92. The van der Waals surface area contributed by atoms with Crippen molar-refractivity contribution < 1.29 is 4.74 Å². The van der Waals surface area contributed by atoms with Gasteiger partial charge in [-0.2, -0.15) is 0 Å². The third-order valence-electron chi connectivity index (χ3n) is 1.60. The zero-order valence-electron chi connectivity index (χ0n) is 8.21. The minimum absolute atomic E-state index is 0.0110. The monoisotopic (exact) mass is 281 g/mol. The van der Waals surface area contributed by atoms with E-state index in [0.29, 0.717) is 27.4 Å². The summed E-state index contributed by atoms with van der Waals surface area (Å²) in [6.45, 7) is 0.608. The Hall–Kier alpha value is -0.840. The van der Waals surface area contributed by atoms with Gasteiger partial charge in [-0.3, -0.25) is 4.99 Å². The largest absolute Gasteiger partial charge is 0.489 e. The van der Waals surface area contributed by atoms with E-state index in [1.165, 1.54) is 0 Å². The third kappa shape index (κ3) is 3.96. The number of guanidine groups is 1. The summed E-state index contributed by atoms with van der Waals surface area (Å²) >= 11 is 17.5. The molecule has 0 heterocycles. The Morgan fingerprint density at radius 3 is 2.25 bits per heavy atom. The number of aliphatic imine (C=N–C) groups is 1. The molecule has 0 amide bonds. The Balaban J connectivity index is 2.64. The maximum atomic E-state index is 5.90. The standard InChI is InChI=1S/C9H10Cl3N3O/c10-5-3-6(11)8(7(12)4-5)16-2-1-15-9(13)14/h3-4H,1-2H2,(H4,13,14,15). The highest BCUT2D eigenvalue weighted by Gasteiger charge is 2.08. The lowest BCUT2D eigenvalue weighted by atomic mass is 10.3.